The Morgan fingerprint density at radius 2 is 0.706 bits per heavy atom. The van der Waals surface area contributed by atoms with E-state index in [1.165, 1.54) is 0 Å². The fraction of sp³-hybridized carbons (Fsp3) is 1.00. The van der Waals surface area contributed by atoms with Crippen molar-refractivity contribution < 1.29 is 15.0 Å². The number of hydrogen-bond donors (Lipinski definition) is 0. The SMILES string of the molecule is CC[N](C)[V+]([N](C)CC)([N](C)CC)[N](C)CC. The Bertz CT molecular complexity index is 167. The molecule has 0 saturated carbocycles. The van der Waals surface area contributed by atoms with Gasteiger partial charge < -0.3 is 0 Å². The molecular weight excluding hydrogens is 251 g/mol. The maximum absolute atomic E-state index is 2.58. The molecule has 0 radical (unpaired) electrons. The van der Waals surface area contributed by atoms with Gasteiger partial charge in [0, 0.05) is 0 Å². The molecule has 0 saturated heterocycles. The van der Waals surface area contributed by atoms with Gasteiger partial charge in [0.15, 0.2) is 0 Å². The summed E-state index contributed by atoms with van der Waals surface area (Å²) < 4.78 is 10.3. The van der Waals surface area contributed by atoms with E-state index < -0.39 is 15.0 Å². The van der Waals surface area contributed by atoms with E-state index in [0.717, 1.165) is 26.2 Å². The van der Waals surface area contributed by atoms with Crippen molar-refractivity contribution in [3.63, 3.8) is 0 Å². The van der Waals surface area contributed by atoms with E-state index >= 15 is 0 Å². The molecular formula is C12H32N4V+. The Hall–Kier alpha value is 0.424. The molecule has 0 amide bonds. The van der Waals surface area contributed by atoms with Crippen molar-refractivity contribution in [1.29, 1.82) is 0 Å². The Labute approximate surface area is 112 Å². The molecule has 0 aromatic rings. The second-order valence-corrected chi connectivity index (χ2v) is 10.4. The second kappa shape index (κ2) is 7.77. The zero-order valence-corrected chi connectivity index (χ0v) is 14.5. The molecule has 0 spiro atoms. The van der Waals surface area contributed by atoms with Gasteiger partial charge in [0.25, 0.3) is 0 Å². The molecule has 0 aliphatic rings. The first-order chi connectivity index (χ1) is 7.93. The topological polar surface area (TPSA) is 13.0 Å². The van der Waals surface area contributed by atoms with Crippen LogP contribution in [0.2, 0.25) is 0 Å². The predicted octanol–water partition coefficient (Wildman–Crippen LogP) is 1.61. The molecule has 0 aliphatic carbocycles. The standard InChI is InChI=1S/4C3H8N.V/c4*1-3-4-2;/h4*3H2,1-2H3;/q4*-1;+5. The van der Waals surface area contributed by atoms with Gasteiger partial charge in [-0.15, -0.1) is 0 Å². The van der Waals surface area contributed by atoms with Gasteiger partial charge in [-0.05, 0) is 0 Å². The molecule has 0 heterocycles. The molecule has 0 rings (SSSR count). The minimum atomic E-state index is -2.29. The van der Waals surface area contributed by atoms with Crippen molar-refractivity contribution in [2.45, 2.75) is 27.7 Å². The number of nitrogens with zero attached hydrogens (tertiary/aromatic N) is 4. The summed E-state index contributed by atoms with van der Waals surface area (Å²) in [6.45, 7) is 13.4. The van der Waals surface area contributed by atoms with Gasteiger partial charge >= 0.3 is 112 Å². The van der Waals surface area contributed by atoms with Gasteiger partial charge in [0.1, 0.15) is 0 Å². The molecule has 0 aromatic heterocycles. The van der Waals surface area contributed by atoms with E-state index in [0.29, 0.717) is 0 Å². The van der Waals surface area contributed by atoms with Crippen LogP contribution in [0, 0.1) is 0 Å². The summed E-state index contributed by atoms with van der Waals surface area (Å²) in [5, 5.41) is 0. The van der Waals surface area contributed by atoms with E-state index in [1.54, 1.807) is 0 Å². The number of rotatable bonds is 8. The van der Waals surface area contributed by atoms with Crippen LogP contribution in [0.5, 0.6) is 0 Å². The Kier molecular flexibility index (Phi) is 7.96. The molecule has 0 aromatic carbocycles. The quantitative estimate of drug-likeness (QED) is 0.671. The normalized spacial score (nSPS) is 13.4. The minimum absolute atomic E-state index is 1.10. The monoisotopic (exact) mass is 283 g/mol. The van der Waals surface area contributed by atoms with Crippen LogP contribution in [0.3, 0.4) is 0 Å². The van der Waals surface area contributed by atoms with E-state index in [-0.39, 0.29) is 0 Å². The van der Waals surface area contributed by atoms with Crippen molar-refractivity contribution in [2.75, 3.05) is 54.4 Å². The molecule has 0 N–H and O–H groups in total. The van der Waals surface area contributed by atoms with Gasteiger partial charge in [-0.25, -0.2) is 0 Å². The van der Waals surface area contributed by atoms with Crippen molar-refractivity contribution in [2.24, 2.45) is 0 Å². The molecule has 0 aliphatic heterocycles. The van der Waals surface area contributed by atoms with Crippen molar-refractivity contribution in [1.82, 2.24) is 15.0 Å². The van der Waals surface area contributed by atoms with Crippen LogP contribution in [0.25, 0.3) is 0 Å². The first-order valence-electron chi connectivity index (χ1n) is 6.68. The maximum atomic E-state index is 2.58. The van der Waals surface area contributed by atoms with Crippen molar-refractivity contribution >= 4 is 0 Å². The van der Waals surface area contributed by atoms with Crippen molar-refractivity contribution in [3.8, 4) is 0 Å². The first kappa shape index (κ1) is 17.4. The molecule has 5 heteroatoms. The van der Waals surface area contributed by atoms with Crippen LogP contribution in [-0.2, 0) is 15.0 Å². The van der Waals surface area contributed by atoms with Gasteiger partial charge in [-0.3, -0.25) is 0 Å². The first-order valence-corrected chi connectivity index (χ1v) is 9.18. The third kappa shape index (κ3) is 3.25. The summed E-state index contributed by atoms with van der Waals surface area (Å²) in [4.78, 5) is 0. The van der Waals surface area contributed by atoms with Crippen LogP contribution in [0.1, 0.15) is 27.7 Å². The molecule has 104 valence electrons. The summed E-state index contributed by atoms with van der Waals surface area (Å²) in [6.07, 6.45) is 0. The van der Waals surface area contributed by atoms with Crippen molar-refractivity contribution in [3.05, 3.63) is 0 Å². The molecule has 0 unspecified atom stereocenters. The van der Waals surface area contributed by atoms with Crippen LogP contribution >= 0.6 is 0 Å². The van der Waals surface area contributed by atoms with E-state index in [1.807, 2.05) is 0 Å². The third-order valence-corrected chi connectivity index (χ3v) is 11.2. The van der Waals surface area contributed by atoms with E-state index in [4.69, 9.17) is 0 Å². The summed E-state index contributed by atoms with van der Waals surface area (Å²) in [5.41, 5.74) is 0. The average Bonchev–Trinajstić information content (AvgIpc) is 2.37. The van der Waals surface area contributed by atoms with E-state index in [2.05, 4.69) is 70.9 Å². The molecule has 4 nitrogen and oxygen atoms in total. The predicted molar refractivity (Wildman–Crippen MR) is 73.2 cm³/mol. The number of hydrogen-bond acceptors (Lipinski definition) is 4. The molecule has 17 heavy (non-hydrogen) atoms. The van der Waals surface area contributed by atoms with Crippen LogP contribution in [0.4, 0.5) is 0 Å². The van der Waals surface area contributed by atoms with Gasteiger partial charge in [0.2, 0.25) is 0 Å². The fourth-order valence-electron chi connectivity index (χ4n) is 2.32. The third-order valence-electron chi connectivity index (χ3n) is 3.66. The zero-order chi connectivity index (χ0) is 13.6. The Balaban J connectivity index is 5.51. The molecule has 0 fully saturated rings. The van der Waals surface area contributed by atoms with Gasteiger partial charge in [-0.1, -0.05) is 0 Å². The zero-order valence-electron chi connectivity index (χ0n) is 13.1. The molecule has 0 atom stereocenters. The van der Waals surface area contributed by atoms with Crippen LogP contribution < -0.4 is 0 Å². The second-order valence-electron chi connectivity index (χ2n) is 4.43. The summed E-state index contributed by atoms with van der Waals surface area (Å²) in [5.74, 6) is 0. The van der Waals surface area contributed by atoms with Crippen LogP contribution in [0.15, 0.2) is 0 Å². The van der Waals surface area contributed by atoms with E-state index in [9.17, 15) is 0 Å². The summed E-state index contributed by atoms with van der Waals surface area (Å²) in [7, 11) is 9.10. The Morgan fingerprint density at radius 3 is 0.824 bits per heavy atom. The summed E-state index contributed by atoms with van der Waals surface area (Å²) in [6, 6.07) is 0. The molecule has 0 bridgehead atoms. The van der Waals surface area contributed by atoms with Gasteiger partial charge in [-0.2, -0.15) is 0 Å². The fourth-order valence-corrected chi connectivity index (χ4v) is 9.58. The Morgan fingerprint density at radius 1 is 0.529 bits per heavy atom. The van der Waals surface area contributed by atoms with Gasteiger partial charge in [0.05, 0.1) is 0 Å². The van der Waals surface area contributed by atoms with Crippen LogP contribution in [-0.4, -0.2) is 69.4 Å². The summed E-state index contributed by atoms with van der Waals surface area (Å²) >= 11 is -2.29. The average molecular weight is 283 g/mol.